The molecule has 0 saturated carbocycles. The molecule has 0 bridgehead atoms. The van der Waals surface area contributed by atoms with Crippen LogP contribution in [0.1, 0.15) is 31.7 Å². The monoisotopic (exact) mass is 307 g/mol. The highest BCUT2D eigenvalue weighted by atomic mass is 35.5. The summed E-state index contributed by atoms with van der Waals surface area (Å²) in [5.41, 5.74) is 0.381. The number of carbonyl (C=O) groups excluding carboxylic acids is 1. The van der Waals surface area contributed by atoms with Crippen LogP contribution in [0.5, 0.6) is 0 Å². The number of methoxy groups -OCH3 is 1. The zero-order valence-electron chi connectivity index (χ0n) is 12.6. The number of hydrogen-bond acceptors (Lipinski definition) is 2. The third-order valence-corrected chi connectivity index (χ3v) is 4.36. The van der Waals surface area contributed by atoms with E-state index in [-0.39, 0.29) is 11.8 Å². The third-order valence-electron chi connectivity index (χ3n) is 4.13. The Bertz CT molecular complexity index is 529. The van der Waals surface area contributed by atoms with E-state index in [0.717, 1.165) is 24.8 Å². The van der Waals surface area contributed by atoms with Crippen LogP contribution in [0.15, 0.2) is 36.4 Å². The van der Waals surface area contributed by atoms with Crippen LogP contribution in [-0.2, 0) is 15.1 Å². The van der Waals surface area contributed by atoms with Gasteiger partial charge in [-0.05, 0) is 43.9 Å². The highest BCUT2D eigenvalue weighted by Crippen LogP contribution is 2.26. The van der Waals surface area contributed by atoms with Gasteiger partial charge in [-0.15, -0.1) is 0 Å². The SMILES string of the molecule is COC(C)(CNC(=O)C1CC=CCC1)c1cccc(Cl)c1. The van der Waals surface area contributed by atoms with Crippen molar-refractivity contribution in [1.82, 2.24) is 5.32 Å². The quantitative estimate of drug-likeness (QED) is 0.843. The fraction of sp³-hybridized carbons (Fsp3) is 0.471. The zero-order valence-corrected chi connectivity index (χ0v) is 13.3. The lowest BCUT2D eigenvalue weighted by Crippen LogP contribution is -2.42. The number of ether oxygens (including phenoxy) is 1. The predicted octanol–water partition coefficient (Wildman–Crippen LogP) is 3.67. The summed E-state index contributed by atoms with van der Waals surface area (Å²) in [6, 6.07) is 7.56. The molecule has 1 amide bonds. The van der Waals surface area contributed by atoms with Crippen molar-refractivity contribution in [3.8, 4) is 0 Å². The summed E-state index contributed by atoms with van der Waals surface area (Å²) >= 11 is 6.04. The first-order valence-corrected chi connectivity index (χ1v) is 7.67. The summed E-state index contributed by atoms with van der Waals surface area (Å²) in [5, 5.41) is 3.69. The lowest BCUT2D eigenvalue weighted by Gasteiger charge is -2.30. The molecular formula is C17H22ClNO2. The predicted molar refractivity (Wildman–Crippen MR) is 85.3 cm³/mol. The van der Waals surface area contributed by atoms with Crippen LogP contribution in [0.4, 0.5) is 0 Å². The maximum atomic E-state index is 12.2. The summed E-state index contributed by atoms with van der Waals surface area (Å²) in [6.07, 6.45) is 6.94. The maximum absolute atomic E-state index is 12.2. The second-order valence-corrected chi connectivity index (χ2v) is 6.08. The van der Waals surface area contributed by atoms with Crippen LogP contribution in [-0.4, -0.2) is 19.6 Å². The molecule has 2 unspecified atom stereocenters. The molecular weight excluding hydrogens is 286 g/mol. The Labute approximate surface area is 131 Å². The van der Waals surface area contributed by atoms with Crippen LogP contribution in [0, 0.1) is 5.92 Å². The number of carbonyl (C=O) groups is 1. The molecule has 0 radical (unpaired) electrons. The topological polar surface area (TPSA) is 38.3 Å². The standard InChI is InChI=1S/C17H22ClNO2/c1-17(21-2,14-9-6-10-15(18)11-14)12-19-16(20)13-7-4-3-5-8-13/h3-4,6,9-11,13H,5,7-8,12H2,1-2H3,(H,19,20). The minimum absolute atomic E-state index is 0.0791. The molecule has 1 aliphatic rings. The zero-order chi connectivity index (χ0) is 15.3. The van der Waals surface area contributed by atoms with Gasteiger partial charge in [0.2, 0.25) is 5.91 Å². The lowest BCUT2D eigenvalue weighted by molar-refractivity contribution is -0.126. The summed E-state index contributed by atoms with van der Waals surface area (Å²) in [7, 11) is 1.65. The van der Waals surface area contributed by atoms with Crippen molar-refractivity contribution in [3.05, 3.63) is 47.0 Å². The first kappa shape index (κ1) is 16.1. The molecule has 2 rings (SSSR count). The van der Waals surface area contributed by atoms with E-state index in [0.29, 0.717) is 11.6 Å². The van der Waals surface area contributed by atoms with Gasteiger partial charge in [0.05, 0.1) is 6.54 Å². The van der Waals surface area contributed by atoms with Gasteiger partial charge >= 0.3 is 0 Å². The van der Waals surface area contributed by atoms with Gasteiger partial charge in [0.15, 0.2) is 0 Å². The van der Waals surface area contributed by atoms with Gasteiger partial charge in [0.1, 0.15) is 5.60 Å². The summed E-state index contributed by atoms with van der Waals surface area (Å²) in [4.78, 5) is 12.2. The largest absolute Gasteiger partial charge is 0.372 e. The van der Waals surface area contributed by atoms with Crippen LogP contribution in [0.3, 0.4) is 0 Å². The second-order valence-electron chi connectivity index (χ2n) is 5.64. The Balaban J connectivity index is 2.01. The van der Waals surface area contributed by atoms with E-state index in [1.54, 1.807) is 7.11 Å². The van der Waals surface area contributed by atoms with Crippen molar-refractivity contribution in [2.75, 3.05) is 13.7 Å². The maximum Gasteiger partial charge on any atom is 0.223 e. The first-order valence-electron chi connectivity index (χ1n) is 7.29. The van der Waals surface area contributed by atoms with E-state index >= 15 is 0 Å². The fourth-order valence-corrected chi connectivity index (χ4v) is 2.73. The van der Waals surface area contributed by atoms with E-state index in [1.807, 2.05) is 31.2 Å². The Kier molecular flexibility index (Phi) is 5.43. The molecule has 1 aliphatic carbocycles. The van der Waals surface area contributed by atoms with Crippen molar-refractivity contribution < 1.29 is 9.53 Å². The van der Waals surface area contributed by atoms with E-state index in [9.17, 15) is 4.79 Å². The minimum Gasteiger partial charge on any atom is -0.372 e. The molecule has 1 N–H and O–H groups in total. The smallest absolute Gasteiger partial charge is 0.223 e. The van der Waals surface area contributed by atoms with Crippen molar-refractivity contribution in [1.29, 1.82) is 0 Å². The Morgan fingerprint density at radius 1 is 1.48 bits per heavy atom. The number of hydrogen-bond donors (Lipinski definition) is 1. The fourth-order valence-electron chi connectivity index (χ4n) is 2.54. The lowest BCUT2D eigenvalue weighted by atomic mass is 9.92. The van der Waals surface area contributed by atoms with Gasteiger partial charge in [-0.1, -0.05) is 35.9 Å². The van der Waals surface area contributed by atoms with Crippen LogP contribution in [0.25, 0.3) is 0 Å². The number of halogens is 1. The van der Waals surface area contributed by atoms with E-state index in [4.69, 9.17) is 16.3 Å². The number of benzene rings is 1. The highest BCUT2D eigenvalue weighted by molar-refractivity contribution is 6.30. The van der Waals surface area contributed by atoms with Gasteiger partial charge in [0, 0.05) is 18.1 Å². The molecule has 1 aromatic rings. The molecule has 0 heterocycles. The molecule has 3 nitrogen and oxygen atoms in total. The van der Waals surface area contributed by atoms with Crippen molar-refractivity contribution in [3.63, 3.8) is 0 Å². The molecule has 4 heteroatoms. The minimum atomic E-state index is -0.578. The Hall–Kier alpha value is -1.32. The van der Waals surface area contributed by atoms with Crippen LogP contribution in [0.2, 0.25) is 5.02 Å². The van der Waals surface area contributed by atoms with Crippen LogP contribution < -0.4 is 5.32 Å². The molecule has 1 aromatic carbocycles. The van der Waals surface area contributed by atoms with Crippen molar-refractivity contribution in [2.24, 2.45) is 5.92 Å². The molecule has 114 valence electrons. The van der Waals surface area contributed by atoms with Crippen LogP contribution >= 0.6 is 11.6 Å². The van der Waals surface area contributed by atoms with Crippen molar-refractivity contribution in [2.45, 2.75) is 31.8 Å². The number of nitrogens with one attached hydrogen (secondary N) is 1. The van der Waals surface area contributed by atoms with Gasteiger partial charge in [-0.25, -0.2) is 0 Å². The number of rotatable bonds is 5. The number of allylic oxidation sites excluding steroid dienone is 2. The van der Waals surface area contributed by atoms with Gasteiger partial charge in [0.25, 0.3) is 0 Å². The Morgan fingerprint density at radius 2 is 2.29 bits per heavy atom. The molecule has 0 saturated heterocycles. The highest BCUT2D eigenvalue weighted by Gasteiger charge is 2.28. The second kappa shape index (κ2) is 7.10. The number of amides is 1. The molecule has 0 spiro atoms. The van der Waals surface area contributed by atoms with Gasteiger partial charge < -0.3 is 10.1 Å². The van der Waals surface area contributed by atoms with E-state index in [2.05, 4.69) is 17.5 Å². The summed E-state index contributed by atoms with van der Waals surface area (Å²) in [5.74, 6) is 0.181. The Morgan fingerprint density at radius 3 is 2.90 bits per heavy atom. The third kappa shape index (κ3) is 4.08. The average Bonchev–Trinajstić information content (AvgIpc) is 2.53. The normalized spacial score (nSPS) is 20.8. The molecule has 0 fully saturated rings. The van der Waals surface area contributed by atoms with Gasteiger partial charge in [-0.3, -0.25) is 4.79 Å². The molecule has 0 aromatic heterocycles. The first-order chi connectivity index (χ1) is 10.0. The summed E-state index contributed by atoms with van der Waals surface area (Å²) in [6.45, 7) is 2.39. The molecule has 21 heavy (non-hydrogen) atoms. The van der Waals surface area contributed by atoms with Crippen molar-refractivity contribution >= 4 is 17.5 Å². The van der Waals surface area contributed by atoms with E-state index in [1.165, 1.54) is 0 Å². The average molecular weight is 308 g/mol. The van der Waals surface area contributed by atoms with E-state index < -0.39 is 5.60 Å². The molecule has 0 aliphatic heterocycles. The van der Waals surface area contributed by atoms with Gasteiger partial charge in [-0.2, -0.15) is 0 Å². The molecule has 2 atom stereocenters. The summed E-state index contributed by atoms with van der Waals surface area (Å²) < 4.78 is 5.63.